The van der Waals surface area contributed by atoms with E-state index < -0.39 is 10.8 Å². The molecular weight excluding hydrogens is 334 g/mol. The van der Waals surface area contributed by atoms with Crippen molar-refractivity contribution in [1.29, 1.82) is 0 Å². The Labute approximate surface area is 148 Å². The molecule has 0 saturated heterocycles. The van der Waals surface area contributed by atoms with Crippen molar-refractivity contribution in [2.75, 3.05) is 5.32 Å². The highest BCUT2D eigenvalue weighted by molar-refractivity contribution is 6.05. The summed E-state index contributed by atoms with van der Waals surface area (Å²) in [5, 5.41) is 14.5. The number of hydrogen-bond acceptors (Lipinski definition) is 4. The molecule has 0 saturated carbocycles. The van der Waals surface area contributed by atoms with Gasteiger partial charge in [0.25, 0.3) is 11.6 Å². The lowest BCUT2D eigenvalue weighted by Gasteiger charge is -2.09. The summed E-state index contributed by atoms with van der Waals surface area (Å²) in [4.78, 5) is 37.2. The number of aryl methyl sites for hydroxylation is 1. The van der Waals surface area contributed by atoms with Crippen LogP contribution in [0.3, 0.4) is 0 Å². The van der Waals surface area contributed by atoms with E-state index in [1.165, 1.54) is 24.3 Å². The van der Waals surface area contributed by atoms with Gasteiger partial charge in [-0.25, -0.2) is 0 Å². The first-order valence-corrected chi connectivity index (χ1v) is 8.19. The zero-order chi connectivity index (χ0) is 18.7. The molecule has 132 valence electrons. The average Bonchev–Trinajstić information content (AvgIpc) is 2.61. The van der Waals surface area contributed by atoms with Crippen molar-refractivity contribution in [3.8, 4) is 0 Å². The van der Waals surface area contributed by atoms with Crippen LogP contribution in [0.15, 0.2) is 53.3 Å². The van der Waals surface area contributed by atoms with Crippen LogP contribution in [0.2, 0.25) is 0 Å². The second kappa shape index (κ2) is 7.18. The van der Waals surface area contributed by atoms with Gasteiger partial charge in [0.05, 0.1) is 10.4 Å². The maximum atomic E-state index is 12.4. The number of amides is 1. The fourth-order valence-corrected chi connectivity index (χ4v) is 2.85. The summed E-state index contributed by atoms with van der Waals surface area (Å²) in [7, 11) is 0. The molecule has 0 aliphatic heterocycles. The van der Waals surface area contributed by atoms with E-state index in [1.54, 1.807) is 18.2 Å². The number of carbonyl (C=O) groups excluding carboxylic acids is 1. The second-order valence-corrected chi connectivity index (χ2v) is 5.93. The van der Waals surface area contributed by atoms with Crippen LogP contribution in [-0.2, 0) is 6.42 Å². The Morgan fingerprint density at radius 1 is 1.19 bits per heavy atom. The van der Waals surface area contributed by atoms with Crippen LogP contribution >= 0.6 is 0 Å². The van der Waals surface area contributed by atoms with Gasteiger partial charge in [-0.3, -0.25) is 19.7 Å². The summed E-state index contributed by atoms with van der Waals surface area (Å²) in [6.45, 7) is 2.04. The molecule has 0 atom stereocenters. The topological polar surface area (TPSA) is 105 Å². The number of benzene rings is 2. The summed E-state index contributed by atoms with van der Waals surface area (Å²) >= 11 is 0. The van der Waals surface area contributed by atoms with Crippen molar-refractivity contribution in [1.82, 2.24) is 4.98 Å². The number of nitrogens with zero attached hydrogens (tertiary/aromatic N) is 1. The van der Waals surface area contributed by atoms with Crippen LogP contribution < -0.4 is 10.9 Å². The SMILES string of the molecule is CCCc1cc(=O)[nH]c2cc(NC(=O)c3cccc([N+](=O)[O-])c3)ccc12. The van der Waals surface area contributed by atoms with Gasteiger partial charge >= 0.3 is 0 Å². The third-order valence-corrected chi connectivity index (χ3v) is 4.03. The zero-order valence-electron chi connectivity index (χ0n) is 14.1. The zero-order valence-corrected chi connectivity index (χ0v) is 14.1. The summed E-state index contributed by atoms with van der Waals surface area (Å²) in [6.07, 6.45) is 1.71. The first-order valence-electron chi connectivity index (χ1n) is 8.19. The number of nitro benzene ring substituents is 1. The third kappa shape index (κ3) is 3.61. The predicted molar refractivity (Wildman–Crippen MR) is 99.6 cm³/mol. The van der Waals surface area contributed by atoms with E-state index >= 15 is 0 Å². The highest BCUT2D eigenvalue weighted by Crippen LogP contribution is 2.22. The molecule has 1 aromatic heterocycles. The molecule has 1 amide bonds. The molecule has 2 aromatic carbocycles. The fourth-order valence-electron chi connectivity index (χ4n) is 2.85. The number of hydrogen-bond donors (Lipinski definition) is 2. The Morgan fingerprint density at radius 2 is 2.00 bits per heavy atom. The quantitative estimate of drug-likeness (QED) is 0.541. The lowest BCUT2D eigenvalue weighted by molar-refractivity contribution is -0.384. The Morgan fingerprint density at radius 3 is 2.73 bits per heavy atom. The largest absolute Gasteiger partial charge is 0.322 e. The van der Waals surface area contributed by atoms with Gasteiger partial charge in [-0.2, -0.15) is 0 Å². The van der Waals surface area contributed by atoms with E-state index in [4.69, 9.17) is 0 Å². The van der Waals surface area contributed by atoms with Gasteiger partial charge in [-0.15, -0.1) is 0 Å². The number of nitrogens with one attached hydrogen (secondary N) is 2. The molecule has 0 spiro atoms. The molecule has 0 bridgehead atoms. The molecule has 3 aromatic rings. The smallest absolute Gasteiger partial charge is 0.270 e. The number of fused-ring (bicyclic) bond motifs is 1. The molecule has 0 unspecified atom stereocenters. The lowest BCUT2D eigenvalue weighted by Crippen LogP contribution is -2.12. The van der Waals surface area contributed by atoms with Crippen molar-refractivity contribution in [2.24, 2.45) is 0 Å². The van der Waals surface area contributed by atoms with E-state index in [-0.39, 0.29) is 16.8 Å². The van der Waals surface area contributed by atoms with Crippen LogP contribution in [0.5, 0.6) is 0 Å². The Balaban J connectivity index is 1.91. The molecule has 3 rings (SSSR count). The van der Waals surface area contributed by atoms with Gasteiger partial charge in [-0.1, -0.05) is 25.5 Å². The number of H-pyrrole nitrogens is 1. The van der Waals surface area contributed by atoms with E-state index in [0.717, 1.165) is 23.8 Å². The van der Waals surface area contributed by atoms with E-state index in [0.29, 0.717) is 11.2 Å². The third-order valence-electron chi connectivity index (χ3n) is 4.03. The number of anilines is 1. The number of rotatable bonds is 5. The average molecular weight is 351 g/mol. The van der Waals surface area contributed by atoms with Crippen LogP contribution in [0, 0.1) is 10.1 Å². The summed E-state index contributed by atoms with van der Waals surface area (Å²) in [6, 6.07) is 12.4. The Bertz CT molecular complexity index is 1060. The van der Waals surface area contributed by atoms with Gasteiger partial charge in [0.2, 0.25) is 5.56 Å². The molecule has 26 heavy (non-hydrogen) atoms. The molecule has 1 heterocycles. The fraction of sp³-hybridized carbons (Fsp3) is 0.158. The molecule has 0 aliphatic rings. The lowest BCUT2D eigenvalue weighted by atomic mass is 10.0. The van der Waals surface area contributed by atoms with Crippen LogP contribution in [0.1, 0.15) is 29.3 Å². The normalized spacial score (nSPS) is 10.7. The summed E-state index contributed by atoms with van der Waals surface area (Å²) < 4.78 is 0. The van der Waals surface area contributed by atoms with Gasteiger partial charge in [0.1, 0.15) is 0 Å². The first kappa shape index (κ1) is 17.3. The monoisotopic (exact) mass is 351 g/mol. The minimum absolute atomic E-state index is 0.148. The maximum absolute atomic E-state index is 12.4. The highest BCUT2D eigenvalue weighted by Gasteiger charge is 2.12. The van der Waals surface area contributed by atoms with E-state index in [1.807, 2.05) is 13.0 Å². The molecular formula is C19H17N3O4. The second-order valence-electron chi connectivity index (χ2n) is 5.93. The van der Waals surface area contributed by atoms with Crippen LogP contribution in [0.4, 0.5) is 11.4 Å². The van der Waals surface area contributed by atoms with Crippen molar-refractivity contribution in [3.05, 3.63) is 80.1 Å². The predicted octanol–water partition coefficient (Wildman–Crippen LogP) is 3.64. The number of carbonyl (C=O) groups is 1. The van der Waals surface area contributed by atoms with Crippen molar-refractivity contribution >= 4 is 28.2 Å². The Kier molecular flexibility index (Phi) is 4.79. The van der Waals surface area contributed by atoms with Crippen molar-refractivity contribution < 1.29 is 9.72 Å². The van der Waals surface area contributed by atoms with Gasteiger partial charge < -0.3 is 10.3 Å². The van der Waals surface area contributed by atoms with E-state index in [2.05, 4.69) is 10.3 Å². The number of non-ortho nitro benzene ring substituents is 1. The minimum atomic E-state index is -0.549. The number of aromatic nitrogens is 1. The molecule has 0 aliphatic carbocycles. The molecule has 7 nitrogen and oxygen atoms in total. The first-order chi connectivity index (χ1) is 12.5. The summed E-state index contributed by atoms with van der Waals surface area (Å²) in [5.74, 6) is -0.458. The van der Waals surface area contributed by atoms with Crippen LogP contribution in [0.25, 0.3) is 10.9 Å². The van der Waals surface area contributed by atoms with Gasteiger partial charge in [0, 0.05) is 34.8 Å². The number of aromatic amines is 1. The van der Waals surface area contributed by atoms with Gasteiger partial charge in [0.15, 0.2) is 0 Å². The van der Waals surface area contributed by atoms with Crippen molar-refractivity contribution in [3.63, 3.8) is 0 Å². The number of pyridine rings is 1. The minimum Gasteiger partial charge on any atom is -0.322 e. The summed E-state index contributed by atoms with van der Waals surface area (Å²) in [5.41, 5.74) is 1.94. The maximum Gasteiger partial charge on any atom is 0.270 e. The molecule has 2 N–H and O–H groups in total. The van der Waals surface area contributed by atoms with E-state index in [9.17, 15) is 19.7 Å². The van der Waals surface area contributed by atoms with Crippen molar-refractivity contribution in [2.45, 2.75) is 19.8 Å². The molecule has 0 fully saturated rings. The Hall–Kier alpha value is -3.48. The standard InChI is InChI=1S/C19H17N3O4/c1-2-4-12-10-18(23)21-17-11-14(7-8-16(12)17)20-19(24)13-5-3-6-15(9-13)22(25)26/h3,5-11H,2,4H2,1H3,(H,20,24)(H,21,23). The molecule has 0 radical (unpaired) electrons. The highest BCUT2D eigenvalue weighted by atomic mass is 16.6. The van der Waals surface area contributed by atoms with Gasteiger partial charge in [-0.05, 0) is 30.2 Å². The van der Waals surface area contributed by atoms with Crippen LogP contribution in [-0.4, -0.2) is 15.8 Å². The number of nitro groups is 1. The molecule has 7 heteroatoms.